The van der Waals surface area contributed by atoms with Crippen LogP contribution in [0.15, 0.2) is 52.9 Å². The molecule has 0 aliphatic heterocycles. The van der Waals surface area contributed by atoms with Gasteiger partial charge in [0, 0.05) is 10.9 Å². The summed E-state index contributed by atoms with van der Waals surface area (Å²) in [4.78, 5) is 24.3. The Morgan fingerprint density at radius 2 is 1.79 bits per heavy atom. The molecule has 7 heteroatoms. The lowest BCUT2D eigenvalue weighted by molar-refractivity contribution is 0.0706. The molecule has 3 rings (SSSR count). The van der Waals surface area contributed by atoms with Crippen molar-refractivity contribution >= 4 is 22.8 Å². The number of furan rings is 1. The second-order valence-electron chi connectivity index (χ2n) is 6.75. The lowest BCUT2D eigenvalue weighted by atomic mass is 9.95. The van der Waals surface area contributed by atoms with Crippen molar-refractivity contribution in [1.82, 2.24) is 10.8 Å². The van der Waals surface area contributed by atoms with Crippen LogP contribution in [0.1, 0.15) is 46.4 Å². The number of amides is 2. The minimum Gasteiger partial charge on any atom is -0.493 e. The van der Waals surface area contributed by atoms with Crippen LogP contribution in [0, 0.1) is 5.92 Å². The quantitative estimate of drug-likeness (QED) is 0.446. The zero-order chi connectivity index (χ0) is 20.3. The van der Waals surface area contributed by atoms with Gasteiger partial charge >= 0.3 is 0 Å². The number of carbonyl (C=O) groups excluding carboxylic acids is 2. The smallest absolute Gasteiger partial charge is 0.287 e. The van der Waals surface area contributed by atoms with Gasteiger partial charge < -0.3 is 14.5 Å². The minimum atomic E-state index is -0.590. The Morgan fingerprint density at radius 3 is 2.39 bits per heavy atom. The average Bonchev–Trinajstić information content (AvgIpc) is 3.15. The number of fused-ring (bicyclic) bond motifs is 1. The number of ether oxygens (including phenoxy) is 1. The number of carbonyl (C=O) groups is 2. The number of hydroxylamine groups is 1. The first-order valence-corrected chi connectivity index (χ1v) is 8.86. The molecule has 7 nitrogen and oxygen atoms in total. The number of nitrogens with one attached hydrogen (secondary N) is 2. The second-order valence-corrected chi connectivity index (χ2v) is 6.75. The van der Waals surface area contributed by atoms with Gasteiger partial charge in [0.2, 0.25) is 0 Å². The van der Waals surface area contributed by atoms with E-state index < -0.39 is 5.91 Å². The molecular formula is C21H22N2O5. The molecule has 2 aromatic carbocycles. The SMILES string of the molecule is COc1cccc2cc(C(=O)NC(c3ccc(C(=O)NO)cc3)C(C)C)oc12. The van der Waals surface area contributed by atoms with Gasteiger partial charge in [0.05, 0.1) is 13.2 Å². The molecule has 0 saturated carbocycles. The van der Waals surface area contributed by atoms with Gasteiger partial charge in [-0.15, -0.1) is 0 Å². The Morgan fingerprint density at radius 1 is 1.07 bits per heavy atom. The van der Waals surface area contributed by atoms with E-state index in [1.807, 2.05) is 26.0 Å². The van der Waals surface area contributed by atoms with Crippen molar-refractivity contribution in [1.29, 1.82) is 0 Å². The molecule has 2 amide bonds. The molecule has 0 spiro atoms. The van der Waals surface area contributed by atoms with Crippen LogP contribution in [-0.4, -0.2) is 24.1 Å². The molecule has 28 heavy (non-hydrogen) atoms. The third-order valence-electron chi connectivity index (χ3n) is 4.54. The molecule has 1 atom stereocenters. The van der Waals surface area contributed by atoms with Gasteiger partial charge in [-0.25, -0.2) is 5.48 Å². The van der Waals surface area contributed by atoms with Crippen molar-refractivity contribution in [2.24, 2.45) is 5.92 Å². The fourth-order valence-electron chi connectivity index (χ4n) is 3.06. The van der Waals surface area contributed by atoms with Gasteiger partial charge in [0.1, 0.15) is 0 Å². The molecular weight excluding hydrogens is 360 g/mol. The summed E-state index contributed by atoms with van der Waals surface area (Å²) in [5, 5.41) is 12.5. The largest absolute Gasteiger partial charge is 0.493 e. The summed E-state index contributed by atoms with van der Waals surface area (Å²) in [5.74, 6) is -0.0708. The van der Waals surface area contributed by atoms with E-state index in [2.05, 4.69) is 5.32 Å². The summed E-state index contributed by atoms with van der Waals surface area (Å²) in [6.45, 7) is 3.97. The van der Waals surface area contributed by atoms with Crippen LogP contribution in [0.4, 0.5) is 0 Å². The van der Waals surface area contributed by atoms with E-state index in [1.54, 1.807) is 49.0 Å². The summed E-state index contributed by atoms with van der Waals surface area (Å²) in [7, 11) is 1.55. The highest BCUT2D eigenvalue weighted by atomic mass is 16.5. The van der Waals surface area contributed by atoms with Gasteiger partial charge in [-0.2, -0.15) is 0 Å². The number of para-hydroxylation sites is 1. The molecule has 1 aromatic heterocycles. The van der Waals surface area contributed by atoms with Crippen LogP contribution in [0.5, 0.6) is 5.75 Å². The van der Waals surface area contributed by atoms with E-state index >= 15 is 0 Å². The van der Waals surface area contributed by atoms with E-state index in [1.165, 1.54) is 0 Å². The number of benzene rings is 2. The maximum atomic E-state index is 12.8. The monoisotopic (exact) mass is 382 g/mol. The summed E-state index contributed by atoms with van der Waals surface area (Å²) in [5.41, 5.74) is 3.28. The fraction of sp³-hybridized carbons (Fsp3) is 0.238. The first-order chi connectivity index (χ1) is 13.4. The Balaban J connectivity index is 1.84. The summed E-state index contributed by atoms with van der Waals surface area (Å²) < 4.78 is 11.0. The van der Waals surface area contributed by atoms with Crippen molar-refractivity contribution in [3.63, 3.8) is 0 Å². The van der Waals surface area contributed by atoms with Gasteiger partial charge in [-0.3, -0.25) is 14.8 Å². The molecule has 0 aliphatic carbocycles. The number of methoxy groups -OCH3 is 1. The Bertz CT molecular complexity index is 992. The summed E-state index contributed by atoms with van der Waals surface area (Å²) in [6.07, 6.45) is 0. The van der Waals surface area contributed by atoms with Gasteiger partial charge in [-0.05, 0) is 35.7 Å². The molecule has 146 valence electrons. The molecule has 0 fully saturated rings. The maximum Gasteiger partial charge on any atom is 0.287 e. The third-order valence-corrected chi connectivity index (χ3v) is 4.54. The zero-order valence-electron chi connectivity index (χ0n) is 15.9. The minimum absolute atomic E-state index is 0.0976. The van der Waals surface area contributed by atoms with Crippen molar-refractivity contribution < 1.29 is 24.0 Å². The van der Waals surface area contributed by atoms with E-state index in [-0.39, 0.29) is 23.6 Å². The summed E-state index contributed by atoms with van der Waals surface area (Å²) in [6, 6.07) is 13.5. The molecule has 0 aliphatic rings. The third kappa shape index (κ3) is 3.84. The van der Waals surface area contributed by atoms with E-state index in [0.717, 1.165) is 10.9 Å². The van der Waals surface area contributed by atoms with E-state index in [0.29, 0.717) is 16.9 Å². The molecule has 0 radical (unpaired) electrons. The van der Waals surface area contributed by atoms with Crippen molar-refractivity contribution in [2.45, 2.75) is 19.9 Å². The van der Waals surface area contributed by atoms with Gasteiger partial charge in [0.25, 0.3) is 11.8 Å². The normalized spacial score (nSPS) is 12.0. The van der Waals surface area contributed by atoms with Crippen LogP contribution in [0.3, 0.4) is 0 Å². The van der Waals surface area contributed by atoms with Crippen molar-refractivity contribution in [3.8, 4) is 5.75 Å². The van der Waals surface area contributed by atoms with Crippen molar-refractivity contribution in [3.05, 3.63) is 65.4 Å². The number of rotatable bonds is 6. The lowest BCUT2D eigenvalue weighted by Gasteiger charge is -2.22. The highest BCUT2D eigenvalue weighted by Gasteiger charge is 2.22. The lowest BCUT2D eigenvalue weighted by Crippen LogP contribution is -2.31. The number of hydrogen-bond donors (Lipinski definition) is 3. The average molecular weight is 382 g/mol. The predicted octanol–water partition coefficient (Wildman–Crippen LogP) is 3.69. The first kappa shape index (κ1) is 19.4. The standard InChI is InChI=1S/C21H22N2O5/c1-12(2)18(13-7-9-14(10-8-13)20(24)23-26)22-21(25)17-11-15-5-4-6-16(27-3)19(15)28-17/h4-12,18,26H,1-3H3,(H,22,25)(H,23,24). The van der Waals surface area contributed by atoms with Crippen molar-refractivity contribution in [2.75, 3.05) is 7.11 Å². The van der Waals surface area contributed by atoms with E-state index in [4.69, 9.17) is 14.4 Å². The Hall–Kier alpha value is -3.32. The summed E-state index contributed by atoms with van der Waals surface area (Å²) >= 11 is 0. The maximum absolute atomic E-state index is 12.8. The van der Waals surface area contributed by atoms with E-state index in [9.17, 15) is 9.59 Å². The molecule has 0 saturated heterocycles. The number of hydrogen-bond acceptors (Lipinski definition) is 5. The highest BCUT2D eigenvalue weighted by Crippen LogP contribution is 2.29. The topological polar surface area (TPSA) is 101 Å². The second kappa shape index (κ2) is 8.14. The highest BCUT2D eigenvalue weighted by molar-refractivity contribution is 5.97. The fourth-order valence-corrected chi connectivity index (χ4v) is 3.06. The van der Waals surface area contributed by atoms with Crippen LogP contribution in [-0.2, 0) is 0 Å². The molecule has 3 aromatic rings. The molecule has 1 heterocycles. The zero-order valence-corrected chi connectivity index (χ0v) is 15.9. The molecule has 1 unspecified atom stereocenters. The van der Waals surface area contributed by atoms with Crippen LogP contribution in [0.2, 0.25) is 0 Å². The van der Waals surface area contributed by atoms with Crippen LogP contribution < -0.4 is 15.5 Å². The first-order valence-electron chi connectivity index (χ1n) is 8.86. The Kier molecular flexibility index (Phi) is 5.65. The van der Waals surface area contributed by atoms with Crippen LogP contribution in [0.25, 0.3) is 11.0 Å². The van der Waals surface area contributed by atoms with Gasteiger partial charge in [0.15, 0.2) is 17.1 Å². The Labute approximate surface area is 162 Å². The molecule has 3 N–H and O–H groups in total. The van der Waals surface area contributed by atoms with Gasteiger partial charge in [-0.1, -0.05) is 38.1 Å². The molecule has 0 bridgehead atoms. The predicted molar refractivity (Wildman–Crippen MR) is 104 cm³/mol. The van der Waals surface area contributed by atoms with Crippen LogP contribution >= 0.6 is 0 Å².